The van der Waals surface area contributed by atoms with Gasteiger partial charge < -0.3 is 14.8 Å². The van der Waals surface area contributed by atoms with Gasteiger partial charge >= 0.3 is 0 Å². The van der Waals surface area contributed by atoms with Crippen molar-refractivity contribution in [2.24, 2.45) is 0 Å². The maximum Gasteiger partial charge on any atom is 0.212 e. The number of rotatable bonds is 7. The quantitative estimate of drug-likeness (QED) is 0.847. The van der Waals surface area contributed by atoms with E-state index < -0.39 is 0 Å². The number of nitrogens with one attached hydrogen (secondary N) is 1. The second kappa shape index (κ2) is 7.64. The Morgan fingerprint density at radius 3 is 2.52 bits per heavy atom. The highest BCUT2D eigenvalue weighted by molar-refractivity contribution is 5.35. The molecule has 1 N–H and O–H groups in total. The monoisotopic (exact) mass is 286 g/mol. The second-order valence-corrected chi connectivity index (χ2v) is 4.79. The average Bonchev–Trinajstić information content (AvgIpc) is 2.56. The van der Waals surface area contributed by atoms with E-state index in [1.807, 2.05) is 36.5 Å². The molecule has 2 aromatic rings. The Balaban J connectivity index is 2.05. The van der Waals surface area contributed by atoms with Crippen LogP contribution in [0.5, 0.6) is 11.6 Å². The topological polar surface area (TPSA) is 43.4 Å². The number of para-hydroxylation sites is 1. The van der Waals surface area contributed by atoms with Crippen LogP contribution in [0.3, 0.4) is 0 Å². The first-order chi connectivity index (χ1) is 10.3. The van der Waals surface area contributed by atoms with Crippen LogP contribution in [-0.4, -0.2) is 19.2 Å². The maximum absolute atomic E-state index is 5.44. The third-order valence-corrected chi connectivity index (χ3v) is 3.48. The van der Waals surface area contributed by atoms with Gasteiger partial charge in [0.1, 0.15) is 5.75 Å². The summed E-state index contributed by atoms with van der Waals surface area (Å²) in [6, 6.07) is 12.3. The van der Waals surface area contributed by atoms with Crippen molar-refractivity contribution in [2.45, 2.75) is 25.9 Å². The van der Waals surface area contributed by atoms with Crippen LogP contribution in [-0.2, 0) is 6.54 Å². The van der Waals surface area contributed by atoms with Crippen LogP contribution in [0.4, 0.5) is 0 Å². The van der Waals surface area contributed by atoms with E-state index >= 15 is 0 Å². The molecule has 0 radical (unpaired) electrons. The third-order valence-electron chi connectivity index (χ3n) is 3.48. The van der Waals surface area contributed by atoms with Gasteiger partial charge in [-0.05, 0) is 18.1 Å². The van der Waals surface area contributed by atoms with Crippen molar-refractivity contribution in [1.82, 2.24) is 10.3 Å². The molecule has 4 nitrogen and oxygen atoms in total. The van der Waals surface area contributed by atoms with Crippen molar-refractivity contribution in [2.75, 3.05) is 14.2 Å². The fourth-order valence-corrected chi connectivity index (χ4v) is 2.31. The van der Waals surface area contributed by atoms with Gasteiger partial charge in [0.15, 0.2) is 0 Å². The molecule has 0 aliphatic carbocycles. The van der Waals surface area contributed by atoms with Crippen molar-refractivity contribution >= 4 is 0 Å². The SMILES string of the molecule is CCC(NCc1ccc(OC)nc1)c1ccccc1OC. The van der Waals surface area contributed by atoms with E-state index in [0.717, 1.165) is 24.3 Å². The lowest BCUT2D eigenvalue weighted by atomic mass is 10.0. The van der Waals surface area contributed by atoms with Gasteiger partial charge in [0.05, 0.1) is 14.2 Å². The van der Waals surface area contributed by atoms with Gasteiger partial charge in [0.2, 0.25) is 5.88 Å². The minimum Gasteiger partial charge on any atom is -0.496 e. The first kappa shape index (κ1) is 15.3. The average molecular weight is 286 g/mol. The normalized spacial score (nSPS) is 12.0. The number of hydrogen-bond donors (Lipinski definition) is 1. The lowest BCUT2D eigenvalue weighted by Gasteiger charge is -2.20. The van der Waals surface area contributed by atoms with Crippen LogP contribution in [0.15, 0.2) is 42.6 Å². The molecule has 0 aliphatic rings. The Hall–Kier alpha value is -2.07. The first-order valence-corrected chi connectivity index (χ1v) is 7.13. The Bertz CT molecular complexity index is 555. The molecule has 1 aromatic carbocycles. The molecule has 0 bridgehead atoms. The molecular formula is C17H22N2O2. The molecule has 0 fully saturated rings. The predicted octanol–water partition coefficient (Wildman–Crippen LogP) is 3.34. The smallest absolute Gasteiger partial charge is 0.212 e. The molecule has 2 rings (SSSR count). The molecule has 4 heteroatoms. The summed E-state index contributed by atoms with van der Waals surface area (Å²) < 4.78 is 10.5. The third kappa shape index (κ3) is 3.95. The van der Waals surface area contributed by atoms with Crippen molar-refractivity contribution in [3.05, 3.63) is 53.7 Å². The summed E-state index contributed by atoms with van der Waals surface area (Å²) in [6.07, 6.45) is 2.82. The molecule has 1 aromatic heterocycles. The summed E-state index contributed by atoms with van der Waals surface area (Å²) in [5, 5.41) is 3.55. The minimum absolute atomic E-state index is 0.253. The number of methoxy groups -OCH3 is 2. The Labute approximate surface area is 126 Å². The largest absolute Gasteiger partial charge is 0.496 e. The van der Waals surface area contributed by atoms with Crippen molar-refractivity contribution < 1.29 is 9.47 Å². The molecule has 1 heterocycles. The van der Waals surface area contributed by atoms with Gasteiger partial charge in [-0.1, -0.05) is 31.2 Å². The summed E-state index contributed by atoms with van der Waals surface area (Å²) in [7, 11) is 3.33. The number of benzene rings is 1. The molecule has 0 aliphatic heterocycles. The highest BCUT2D eigenvalue weighted by atomic mass is 16.5. The highest BCUT2D eigenvalue weighted by Crippen LogP contribution is 2.27. The highest BCUT2D eigenvalue weighted by Gasteiger charge is 2.13. The molecule has 1 atom stereocenters. The predicted molar refractivity (Wildman–Crippen MR) is 83.7 cm³/mol. The summed E-state index contributed by atoms with van der Waals surface area (Å²) in [5.41, 5.74) is 2.31. The summed E-state index contributed by atoms with van der Waals surface area (Å²) >= 11 is 0. The minimum atomic E-state index is 0.253. The fraction of sp³-hybridized carbons (Fsp3) is 0.353. The zero-order chi connectivity index (χ0) is 15.1. The standard InChI is InChI=1S/C17H22N2O2/c1-4-15(14-7-5-6-8-16(14)20-2)18-11-13-9-10-17(21-3)19-12-13/h5-10,12,15,18H,4,11H2,1-3H3. The maximum atomic E-state index is 5.44. The summed E-state index contributed by atoms with van der Waals surface area (Å²) in [5.74, 6) is 1.56. The zero-order valence-corrected chi connectivity index (χ0v) is 12.8. The van der Waals surface area contributed by atoms with Gasteiger partial charge in [0, 0.05) is 30.4 Å². The van der Waals surface area contributed by atoms with Gasteiger partial charge in [-0.3, -0.25) is 0 Å². The van der Waals surface area contributed by atoms with Gasteiger partial charge in [-0.15, -0.1) is 0 Å². The summed E-state index contributed by atoms with van der Waals surface area (Å²) in [6.45, 7) is 2.92. The summed E-state index contributed by atoms with van der Waals surface area (Å²) in [4.78, 5) is 4.22. The van der Waals surface area contributed by atoms with Crippen LogP contribution >= 0.6 is 0 Å². The molecule has 0 saturated carbocycles. The van der Waals surface area contributed by atoms with Crippen LogP contribution in [0.25, 0.3) is 0 Å². The Morgan fingerprint density at radius 2 is 1.90 bits per heavy atom. The zero-order valence-electron chi connectivity index (χ0n) is 12.8. The van der Waals surface area contributed by atoms with Crippen molar-refractivity contribution in [1.29, 1.82) is 0 Å². The lowest BCUT2D eigenvalue weighted by molar-refractivity contribution is 0.394. The Kier molecular flexibility index (Phi) is 5.58. The number of aromatic nitrogens is 1. The molecular weight excluding hydrogens is 264 g/mol. The number of ether oxygens (including phenoxy) is 2. The number of nitrogens with zero attached hydrogens (tertiary/aromatic N) is 1. The molecule has 0 spiro atoms. The van der Waals surface area contributed by atoms with Gasteiger partial charge in [-0.25, -0.2) is 4.98 Å². The van der Waals surface area contributed by atoms with Crippen molar-refractivity contribution in [3.8, 4) is 11.6 Å². The van der Waals surface area contributed by atoms with Gasteiger partial charge in [-0.2, -0.15) is 0 Å². The Morgan fingerprint density at radius 1 is 1.10 bits per heavy atom. The molecule has 0 amide bonds. The molecule has 21 heavy (non-hydrogen) atoms. The van der Waals surface area contributed by atoms with E-state index in [2.05, 4.69) is 23.3 Å². The van der Waals surface area contributed by atoms with Crippen LogP contribution in [0.1, 0.15) is 30.5 Å². The van der Waals surface area contributed by atoms with E-state index in [-0.39, 0.29) is 6.04 Å². The van der Waals surface area contributed by atoms with E-state index in [0.29, 0.717) is 5.88 Å². The number of pyridine rings is 1. The first-order valence-electron chi connectivity index (χ1n) is 7.13. The second-order valence-electron chi connectivity index (χ2n) is 4.79. The van der Waals surface area contributed by atoms with E-state index in [1.54, 1.807) is 14.2 Å². The van der Waals surface area contributed by atoms with Crippen LogP contribution in [0, 0.1) is 0 Å². The molecule has 112 valence electrons. The van der Waals surface area contributed by atoms with E-state index in [4.69, 9.17) is 9.47 Å². The molecule has 1 unspecified atom stereocenters. The van der Waals surface area contributed by atoms with Crippen LogP contribution < -0.4 is 14.8 Å². The molecule has 0 saturated heterocycles. The van der Waals surface area contributed by atoms with E-state index in [1.165, 1.54) is 5.56 Å². The number of hydrogen-bond acceptors (Lipinski definition) is 4. The van der Waals surface area contributed by atoms with E-state index in [9.17, 15) is 0 Å². The van der Waals surface area contributed by atoms with Gasteiger partial charge in [0.25, 0.3) is 0 Å². The fourth-order valence-electron chi connectivity index (χ4n) is 2.31. The van der Waals surface area contributed by atoms with Crippen LogP contribution in [0.2, 0.25) is 0 Å². The van der Waals surface area contributed by atoms with Crippen molar-refractivity contribution in [3.63, 3.8) is 0 Å². The lowest BCUT2D eigenvalue weighted by Crippen LogP contribution is -2.21.